The molecule has 5 rings (SSSR count). The lowest BCUT2D eigenvalue weighted by Crippen LogP contribution is -2.46. The second kappa shape index (κ2) is 9.50. The number of aliphatic hydroxyl groups excluding tert-OH is 1. The van der Waals surface area contributed by atoms with Crippen LogP contribution in [0.4, 0.5) is 5.69 Å². The van der Waals surface area contributed by atoms with Crippen LogP contribution in [0.5, 0.6) is 0 Å². The molecule has 2 aromatic carbocycles. The van der Waals surface area contributed by atoms with Gasteiger partial charge in [0.15, 0.2) is 0 Å². The van der Waals surface area contributed by atoms with Gasteiger partial charge in [-0.1, -0.05) is 48.0 Å². The minimum absolute atomic E-state index is 0.00880. The minimum atomic E-state index is -0.914. The van der Waals surface area contributed by atoms with Gasteiger partial charge in [-0.2, -0.15) is 0 Å². The molecule has 3 heterocycles. The molecule has 0 spiro atoms. The van der Waals surface area contributed by atoms with Crippen LogP contribution >= 0.6 is 11.6 Å². The van der Waals surface area contributed by atoms with E-state index in [1.807, 2.05) is 41.7 Å². The van der Waals surface area contributed by atoms with Crippen LogP contribution < -0.4 is 4.90 Å². The highest BCUT2D eigenvalue weighted by Gasteiger charge is 2.22. The lowest BCUT2D eigenvalue weighted by molar-refractivity contribution is 0.282. The molecule has 1 aliphatic rings. The van der Waals surface area contributed by atoms with E-state index in [1.54, 1.807) is 12.5 Å². The molecule has 8 heteroatoms. The van der Waals surface area contributed by atoms with Crippen molar-refractivity contribution in [2.24, 2.45) is 7.05 Å². The Hall–Kier alpha value is -2.71. The molecule has 4 aromatic rings. The van der Waals surface area contributed by atoms with E-state index in [9.17, 15) is 9.32 Å². The third-order valence-electron chi connectivity index (χ3n) is 6.55. The lowest BCUT2D eigenvalue weighted by atomic mass is 9.97. The number of nitrogens with zero attached hydrogens (tertiary/aromatic N) is 4. The van der Waals surface area contributed by atoms with Gasteiger partial charge < -0.3 is 14.6 Å². The Morgan fingerprint density at radius 1 is 0.971 bits per heavy atom. The molecule has 0 aliphatic carbocycles. The van der Waals surface area contributed by atoms with Crippen molar-refractivity contribution in [3.8, 4) is 22.4 Å². The quantitative estimate of drug-likeness (QED) is 0.444. The zero-order valence-corrected chi connectivity index (χ0v) is 20.8. The number of hydrogen-bond donors (Lipinski definition) is 1. The van der Waals surface area contributed by atoms with E-state index < -0.39 is 11.0 Å². The van der Waals surface area contributed by atoms with Gasteiger partial charge in [0.1, 0.15) is 5.65 Å². The van der Waals surface area contributed by atoms with Crippen LogP contribution in [-0.2, 0) is 24.6 Å². The first-order valence-electron chi connectivity index (χ1n) is 11.2. The molecule has 176 valence electrons. The Balaban J connectivity index is 1.56. The van der Waals surface area contributed by atoms with E-state index >= 15 is 0 Å². The monoisotopic (exact) mass is 494 g/mol. The number of hydrogen-bond acceptors (Lipinski definition) is 4. The maximum atomic E-state index is 11.7. The Morgan fingerprint density at radius 2 is 1.62 bits per heavy atom. The predicted molar refractivity (Wildman–Crippen MR) is 140 cm³/mol. The van der Waals surface area contributed by atoms with Crippen molar-refractivity contribution in [1.29, 1.82) is 0 Å². The van der Waals surface area contributed by atoms with Crippen LogP contribution in [0, 0.1) is 0 Å². The summed E-state index contributed by atoms with van der Waals surface area (Å²) in [6.45, 7) is 3.32. The van der Waals surface area contributed by atoms with E-state index in [0.29, 0.717) is 5.02 Å². The van der Waals surface area contributed by atoms with Crippen LogP contribution in [0.3, 0.4) is 0 Å². The molecular formula is C26H27ClN4O2S. The molecule has 0 bridgehead atoms. The van der Waals surface area contributed by atoms with Crippen molar-refractivity contribution in [3.63, 3.8) is 0 Å². The third-order valence-corrected chi connectivity index (χ3v) is 7.96. The largest absolute Gasteiger partial charge is 0.392 e. The smallest absolute Gasteiger partial charge is 0.142 e. The Bertz CT molecular complexity index is 1340. The van der Waals surface area contributed by atoms with E-state index in [4.69, 9.17) is 11.6 Å². The molecule has 1 atom stereocenters. The number of pyridine rings is 1. The van der Waals surface area contributed by atoms with Crippen molar-refractivity contribution >= 4 is 39.3 Å². The van der Waals surface area contributed by atoms with Gasteiger partial charge in [-0.25, -0.2) is 13.5 Å². The first-order chi connectivity index (χ1) is 16.5. The summed E-state index contributed by atoms with van der Waals surface area (Å²) in [7, 11) is 1.10. The summed E-state index contributed by atoms with van der Waals surface area (Å²) in [4.78, 5) is 6.96. The maximum absolute atomic E-state index is 11.7. The predicted octanol–water partition coefficient (Wildman–Crippen LogP) is 4.47. The van der Waals surface area contributed by atoms with Gasteiger partial charge in [-0.15, -0.1) is 0 Å². The molecule has 0 amide bonds. The number of piperazine rings is 1. The molecule has 34 heavy (non-hydrogen) atoms. The lowest BCUT2D eigenvalue weighted by Gasteiger charge is -2.34. The average molecular weight is 495 g/mol. The molecule has 0 radical (unpaired) electrons. The number of benzene rings is 2. The fourth-order valence-corrected chi connectivity index (χ4v) is 5.65. The Morgan fingerprint density at radius 3 is 2.24 bits per heavy atom. The molecule has 1 saturated heterocycles. The highest BCUT2D eigenvalue weighted by atomic mass is 35.5. The maximum Gasteiger partial charge on any atom is 0.142 e. The minimum Gasteiger partial charge on any atom is -0.392 e. The van der Waals surface area contributed by atoms with Crippen molar-refractivity contribution in [1.82, 2.24) is 13.9 Å². The summed E-state index contributed by atoms with van der Waals surface area (Å²) in [5, 5.41) is 11.1. The fraction of sp³-hybridized carbons (Fsp3) is 0.269. The van der Waals surface area contributed by atoms with Crippen LogP contribution in [0.25, 0.3) is 33.4 Å². The Kier molecular flexibility index (Phi) is 6.44. The van der Waals surface area contributed by atoms with Crippen molar-refractivity contribution in [2.75, 3.05) is 37.3 Å². The van der Waals surface area contributed by atoms with Crippen molar-refractivity contribution in [3.05, 3.63) is 71.4 Å². The summed E-state index contributed by atoms with van der Waals surface area (Å²) < 4.78 is 15.9. The molecule has 6 nitrogen and oxygen atoms in total. The normalized spacial score (nSPS) is 15.7. The van der Waals surface area contributed by atoms with Gasteiger partial charge in [-0.05, 0) is 34.9 Å². The van der Waals surface area contributed by atoms with Gasteiger partial charge in [0.05, 0.1) is 28.3 Å². The zero-order chi connectivity index (χ0) is 23.8. The van der Waals surface area contributed by atoms with E-state index in [0.717, 1.165) is 70.8 Å². The number of aromatic nitrogens is 2. The molecule has 1 unspecified atom stereocenters. The zero-order valence-electron chi connectivity index (χ0n) is 19.2. The highest BCUT2D eigenvalue weighted by Crippen LogP contribution is 2.42. The average Bonchev–Trinajstić information content (AvgIpc) is 3.17. The van der Waals surface area contributed by atoms with Gasteiger partial charge >= 0.3 is 0 Å². The Labute approximate surface area is 207 Å². The molecular weight excluding hydrogens is 468 g/mol. The van der Waals surface area contributed by atoms with Crippen LogP contribution in [0.15, 0.2) is 60.8 Å². The third kappa shape index (κ3) is 4.14. The highest BCUT2D eigenvalue weighted by molar-refractivity contribution is 7.81. The van der Waals surface area contributed by atoms with E-state index in [1.165, 1.54) is 0 Å². The number of aliphatic hydroxyl groups is 1. The summed E-state index contributed by atoms with van der Waals surface area (Å²) in [6.07, 6.45) is 3.48. The molecule has 1 aliphatic heterocycles. The van der Waals surface area contributed by atoms with Gasteiger partial charge in [0.2, 0.25) is 0 Å². The molecule has 2 aromatic heterocycles. The number of fused-ring (bicyclic) bond motifs is 1. The number of anilines is 1. The summed E-state index contributed by atoms with van der Waals surface area (Å²) in [5.74, 6) is 0. The standard InChI is InChI=1S/C26H27ClN4O2S/c1-29-25(20-7-9-21(10-8-20)30-13-15-31(16-14-30)34(2)33)23(19-5-3-18(17-32)4-6-19)24-22(27)11-12-28-26(24)29/h3-12,32H,13-17H2,1-2H3. The van der Waals surface area contributed by atoms with Crippen LogP contribution in [0.1, 0.15) is 5.56 Å². The summed E-state index contributed by atoms with van der Waals surface area (Å²) in [6, 6.07) is 18.4. The number of halogens is 1. The first-order valence-corrected chi connectivity index (χ1v) is 13.1. The SMILES string of the molecule is Cn1c(-c2ccc(N3CCN(S(C)=O)CC3)cc2)c(-c2ccc(CO)cc2)c2c(Cl)ccnc21. The molecule has 1 fully saturated rings. The van der Waals surface area contributed by atoms with Gasteiger partial charge in [0.25, 0.3) is 0 Å². The van der Waals surface area contributed by atoms with E-state index in [-0.39, 0.29) is 6.61 Å². The van der Waals surface area contributed by atoms with Gasteiger partial charge in [0, 0.05) is 62.3 Å². The molecule has 1 N–H and O–H groups in total. The van der Waals surface area contributed by atoms with Gasteiger partial charge in [-0.3, -0.25) is 0 Å². The number of rotatable bonds is 5. The van der Waals surface area contributed by atoms with Crippen molar-refractivity contribution in [2.45, 2.75) is 6.61 Å². The van der Waals surface area contributed by atoms with Crippen LogP contribution in [0.2, 0.25) is 5.02 Å². The first kappa shape index (κ1) is 23.1. The van der Waals surface area contributed by atoms with E-state index in [2.05, 4.69) is 38.7 Å². The summed E-state index contributed by atoms with van der Waals surface area (Å²) >= 11 is 6.68. The second-order valence-electron chi connectivity index (χ2n) is 8.52. The van der Waals surface area contributed by atoms with Crippen molar-refractivity contribution < 1.29 is 9.32 Å². The summed E-state index contributed by atoms with van der Waals surface area (Å²) in [5.41, 5.74) is 7.05. The fourth-order valence-electron chi connectivity index (χ4n) is 4.73. The van der Waals surface area contributed by atoms with Crippen LogP contribution in [-0.4, -0.2) is 55.6 Å². The number of aryl methyl sites for hydroxylation is 1. The second-order valence-corrected chi connectivity index (χ2v) is 10.3. The molecule has 0 saturated carbocycles. The topological polar surface area (TPSA) is 61.6 Å².